The zero-order valence-electron chi connectivity index (χ0n) is 12.5. The molecule has 3 rings (SSSR count). The van der Waals surface area contributed by atoms with Crippen LogP contribution in [0.4, 0.5) is 5.69 Å². The normalized spacial score (nSPS) is 19.0. The Labute approximate surface area is 139 Å². The van der Waals surface area contributed by atoms with Crippen molar-refractivity contribution in [3.8, 4) is 6.07 Å². The molecule has 118 valence electrons. The van der Waals surface area contributed by atoms with Gasteiger partial charge in [0.05, 0.1) is 0 Å². The van der Waals surface area contributed by atoms with Gasteiger partial charge in [-0.1, -0.05) is 18.0 Å². The molecule has 7 heteroatoms. The third-order valence-electron chi connectivity index (χ3n) is 3.83. The Bertz CT molecular complexity index is 717. The molecule has 23 heavy (non-hydrogen) atoms. The molecule has 0 atom stereocenters. The van der Waals surface area contributed by atoms with E-state index in [0.717, 1.165) is 38.1 Å². The Kier molecular flexibility index (Phi) is 4.49. The zero-order chi connectivity index (χ0) is 16.2. The van der Waals surface area contributed by atoms with Gasteiger partial charge in [0.2, 0.25) is 0 Å². The maximum Gasteiger partial charge on any atom is 0.270 e. The molecule has 2 aliphatic heterocycles. The lowest BCUT2D eigenvalue weighted by Crippen LogP contribution is -2.31. The number of anilines is 1. The number of benzene rings is 1. The molecule has 0 aromatic heterocycles. The molecule has 2 aliphatic rings. The van der Waals surface area contributed by atoms with Gasteiger partial charge in [0, 0.05) is 23.7 Å². The second kappa shape index (κ2) is 6.71. The van der Waals surface area contributed by atoms with E-state index in [-0.39, 0.29) is 5.57 Å². The van der Waals surface area contributed by atoms with Crippen LogP contribution < -0.4 is 10.7 Å². The lowest BCUT2D eigenvalue weighted by atomic mass is 10.2. The summed E-state index contributed by atoms with van der Waals surface area (Å²) >= 11 is 5.83. The average molecular weight is 330 g/mol. The van der Waals surface area contributed by atoms with Gasteiger partial charge in [0.25, 0.3) is 5.91 Å². The molecule has 2 heterocycles. The number of amidine groups is 1. The van der Waals surface area contributed by atoms with Crippen LogP contribution in [0.5, 0.6) is 0 Å². The molecule has 1 saturated heterocycles. The lowest BCUT2D eigenvalue weighted by molar-refractivity contribution is -0.112. The third-order valence-corrected chi connectivity index (χ3v) is 4.08. The van der Waals surface area contributed by atoms with E-state index in [4.69, 9.17) is 11.6 Å². The number of carbonyl (C=O) groups excluding carboxylic acids is 1. The molecule has 1 aromatic rings. The predicted octanol–water partition coefficient (Wildman–Crippen LogP) is 2.81. The molecule has 0 spiro atoms. The minimum atomic E-state index is -0.460. The topological polar surface area (TPSA) is 80.5 Å². The van der Waals surface area contributed by atoms with Crippen LogP contribution >= 0.6 is 11.6 Å². The number of amides is 1. The molecule has 1 fully saturated rings. The zero-order valence-corrected chi connectivity index (χ0v) is 13.2. The summed E-state index contributed by atoms with van der Waals surface area (Å²) in [6.45, 7) is 0.764. The van der Waals surface area contributed by atoms with Gasteiger partial charge in [0.1, 0.15) is 11.9 Å². The highest BCUT2D eigenvalue weighted by Crippen LogP contribution is 2.23. The van der Waals surface area contributed by atoms with E-state index >= 15 is 0 Å². The summed E-state index contributed by atoms with van der Waals surface area (Å²) in [7, 11) is 0. The first-order valence-corrected chi connectivity index (χ1v) is 7.88. The number of nitriles is 1. The summed E-state index contributed by atoms with van der Waals surface area (Å²) < 4.78 is 0. The molecule has 6 nitrogen and oxygen atoms in total. The summed E-state index contributed by atoms with van der Waals surface area (Å²) in [6, 6.07) is 8.73. The number of nitrogens with zero attached hydrogens (tertiary/aromatic N) is 3. The number of hydrazone groups is 1. The van der Waals surface area contributed by atoms with Gasteiger partial charge in [-0.2, -0.15) is 10.4 Å². The Morgan fingerprint density at radius 1 is 1.30 bits per heavy atom. The Hall–Kier alpha value is -2.52. The second-order valence-corrected chi connectivity index (χ2v) is 5.83. The molecule has 0 radical (unpaired) electrons. The highest BCUT2D eigenvalue weighted by molar-refractivity contribution is 6.30. The number of nitrogens with one attached hydrogen (secondary N) is 2. The van der Waals surface area contributed by atoms with E-state index in [1.807, 2.05) is 11.0 Å². The Morgan fingerprint density at radius 3 is 2.83 bits per heavy atom. The number of hydrogen-bond donors (Lipinski definition) is 2. The Balaban J connectivity index is 1.82. The second-order valence-electron chi connectivity index (χ2n) is 5.40. The van der Waals surface area contributed by atoms with Crippen molar-refractivity contribution in [3.05, 3.63) is 40.7 Å². The molecule has 1 amide bonds. The first-order valence-electron chi connectivity index (χ1n) is 7.50. The van der Waals surface area contributed by atoms with Crippen LogP contribution in [0.2, 0.25) is 5.02 Å². The molecule has 0 unspecified atom stereocenters. The largest absolute Gasteiger partial charge is 0.321 e. The molecule has 2 N–H and O–H groups in total. The smallest absolute Gasteiger partial charge is 0.270 e. The number of carbonyl (C=O) groups is 1. The van der Waals surface area contributed by atoms with Gasteiger partial charge in [-0.25, -0.2) is 0 Å². The van der Waals surface area contributed by atoms with Gasteiger partial charge in [-0.15, -0.1) is 0 Å². The van der Waals surface area contributed by atoms with Crippen LogP contribution in [0.1, 0.15) is 25.7 Å². The van der Waals surface area contributed by atoms with Crippen molar-refractivity contribution in [2.24, 2.45) is 5.10 Å². The number of hydrogen-bond acceptors (Lipinski definition) is 5. The molecule has 0 bridgehead atoms. The minimum absolute atomic E-state index is 0.0283. The lowest BCUT2D eigenvalue weighted by Gasteiger charge is -2.19. The fourth-order valence-corrected chi connectivity index (χ4v) is 2.78. The molecule has 1 aromatic carbocycles. The van der Waals surface area contributed by atoms with Crippen LogP contribution in [0.3, 0.4) is 0 Å². The quantitative estimate of drug-likeness (QED) is 0.646. The number of fused-ring (bicyclic) bond motifs is 1. The van der Waals surface area contributed by atoms with Crippen LogP contribution in [0.25, 0.3) is 0 Å². The van der Waals surface area contributed by atoms with Crippen molar-refractivity contribution >= 4 is 29.0 Å². The van der Waals surface area contributed by atoms with E-state index in [1.165, 1.54) is 0 Å². The highest BCUT2D eigenvalue weighted by Gasteiger charge is 2.29. The fourth-order valence-electron chi connectivity index (χ4n) is 2.66. The van der Waals surface area contributed by atoms with E-state index in [1.54, 1.807) is 24.3 Å². The monoisotopic (exact) mass is 329 g/mol. The molecule has 0 aliphatic carbocycles. The van der Waals surface area contributed by atoms with Crippen molar-refractivity contribution in [2.45, 2.75) is 25.7 Å². The summed E-state index contributed by atoms with van der Waals surface area (Å²) in [5, 5.41) is 17.0. The maximum atomic E-state index is 12.4. The van der Waals surface area contributed by atoms with Crippen LogP contribution in [0.15, 0.2) is 40.8 Å². The number of halogens is 1. The molecular formula is C16H16ClN5O. The van der Waals surface area contributed by atoms with Crippen LogP contribution in [-0.4, -0.2) is 23.2 Å². The maximum absolute atomic E-state index is 12.4. The summed E-state index contributed by atoms with van der Waals surface area (Å²) in [4.78, 5) is 14.4. The standard InChI is InChI=1S/C16H16ClN5O/c17-11-5-7-12(8-6-11)19-16(23)13(10-18)15-21-20-14-4-2-1-3-9-22(14)15/h5-8,21H,1-4,9H2,(H,19,23)/b15-13-. The van der Waals surface area contributed by atoms with Crippen LogP contribution in [-0.2, 0) is 4.79 Å². The Morgan fingerprint density at radius 2 is 2.09 bits per heavy atom. The van der Waals surface area contributed by atoms with Gasteiger partial charge in [0.15, 0.2) is 11.4 Å². The fraction of sp³-hybridized carbons (Fsp3) is 0.312. The van der Waals surface area contributed by atoms with Crippen molar-refractivity contribution in [2.75, 3.05) is 11.9 Å². The van der Waals surface area contributed by atoms with Gasteiger partial charge in [-0.3, -0.25) is 10.2 Å². The predicted molar refractivity (Wildman–Crippen MR) is 88.5 cm³/mol. The molecular weight excluding hydrogens is 314 g/mol. The van der Waals surface area contributed by atoms with Crippen molar-refractivity contribution in [1.82, 2.24) is 10.3 Å². The van der Waals surface area contributed by atoms with E-state index in [2.05, 4.69) is 15.8 Å². The average Bonchev–Trinajstić information content (AvgIpc) is 2.79. The SMILES string of the molecule is N#C/C(C(=O)Nc1ccc(Cl)cc1)=C1\NN=C2CCCCCN21. The van der Waals surface area contributed by atoms with Crippen molar-refractivity contribution in [3.63, 3.8) is 0 Å². The first-order chi connectivity index (χ1) is 11.2. The van der Waals surface area contributed by atoms with Gasteiger partial charge < -0.3 is 10.2 Å². The summed E-state index contributed by atoms with van der Waals surface area (Å²) in [5.74, 6) is 0.901. The van der Waals surface area contributed by atoms with Crippen LogP contribution in [0, 0.1) is 11.3 Å². The summed E-state index contributed by atoms with van der Waals surface area (Å²) in [6.07, 6.45) is 4.07. The minimum Gasteiger partial charge on any atom is -0.321 e. The molecule has 0 saturated carbocycles. The van der Waals surface area contributed by atoms with Gasteiger partial charge in [-0.05, 0) is 37.1 Å². The highest BCUT2D eigenvalue weighted by atomic mass is 35.5. The van der Waals surface area contributed by atoms with E-state index in [9.17, 15) is 10.1 Å². The van der Waals surface area contributed by atoms with Crippen molar-refractivity contribution in [1.29, 1.82) is 5.26 Å². The van der Waals surface area contributed by atoms with E-state index < -0.39 is 5.91 Å². The van der Waals surface area contributed by atoms with E-state index in [0.29, 0.717) is 16.5 Å². The first kappa shape index (κ1) is 15.4. The van der Waals surface area contributed by atoms with Gasteiger partial charge >= 0.3 is 0 Å². The number of rotatable bonds is 2. The third kappa shape index (κ3) is 3.30. The van der Waals surface area contributed by atoms with Crippen molar-refractivity contribution < 1.29 is 4.79 Å². The summed E-state index contributed by atoms with van der Waals surface area (Å²) in [5.41, 5.74) is 3.46.